The standard InChI is InChI=1S/C8H7BrN2O3/c9-4-2-6-3(1-5(4)10)7(12)8(13,14)11-6/h1-2,11,13-14H,10H2. The topological polar surface area (TPSA) is 95.6 Å². The zero-order valence-corrected chi connectivity index (χ0v) is 8.50. The summed E-state index contributed by atoms with van der Waals surface area (Å²) in [7, 11) is 0. The number of halogens is 1. The Morgan fingerprint density at radius 3 is 2.71 bits per heavy atom. The van der Waals surface area contributed by atoms with E-state index in [1.807, 2.05) is 0 Å². The second kappa shape index (κ2) is 2.69. The SMILES string of the molecule is Nc1cc2c(cc1Br)NC(O)(O)C2=O. The average molecular weight is 259 g/mol. The van der Waals surface area contributed by atoms with E-state index in [0.29, 0.717) is 15.8 Å². The summed E-state index contributed by atoms with van der Waals surface area (Å²) in [5.74, 6) is -3.32. The van der Waals surface area contributed by atoms with E-state index in [2.05, 4.69) is 21.2 Å². The zero-order chi connectivity index (χ0) is 10.5. The van der Waals surface area contributed by atoms with E-state index in [0.717, 1.165) is 0 Å². The first-order valence-electron chi connectivity index (χ1n) is 3.78. The maximum Gasteiger partial charge on any atom is 0.312 e. The van der Waals surface area contributed by atoms with Gasteiger partial charge in [0.15, 0.2) is 0 Å². The molecule has 0 atom stereocenters. The Hall–Kier alpha value is -1.11. The number of fused-ring (bicyclic) bond motifs is 1. The number of hydrogen-bond acceptors (Lipinski definition) is 5. The van der Waals surface area contributed by atoms with E-state index in [1.54, 1.807) is 0 Å². The fourth-order valence-corrected chi connectivity index (χ4v) is 1.66. The first-order valence-corrected chi connectivity index (χ1v) is 4.58. The molecule has 1 aliphatic heterocycles. The fraction of sp³-hybridized carbons (Fsp3) is 0.125. The predicted molar refractivity (Wildman–Crippen MR) is 53.7 cm³/mol. The molecule has 5 nitrogen and oxygen atoms in total. The lowest BCUT2D eigenvalue weighted by Gasteiger charge is -2.12. The van der Waals surface area contributed by atoms with Gasteiger partial charge in [-0.2, -0.15) is 0 Å². The van der Waals surface area contributed by atoms with E-state index in [-0.39, 0.29) is 5.56 Å². The largest absolute Gasteiger partial charge is 0.398 e. The minimum atomic E-state index is -2.52. The molecule has 5 N–H and O–H groups in total. The molecular weight excluding hydrogens is 252 g/mol. The van der Waals surface area contributed by atoms with Gasteiger partial charge in [0.05, 0.1) is 11.3 Å². The van der Waals surface area contributed by atoms with Crippen LogP contribution in [0, 0.1) is 0 Å². The van der Waals surface area contributed by atoms with Crippen LogP contribution in [-0.2, 0) is 0 Å². The molecule has 1 aromatic rings. The second-order valence-electron chi connectivity index (χ2n) is 3.05. The number of Topliss-reactive ketones (excluding diaryl/α,β-unsaturated/α-hetero) is 1. The lowest BCUT2D eigenvalue weighted by Crippen LogP contribution is -2.40. The number of carbonyl (C=O) groups is 1. The van der Waals surface area contributed by atoms with Crippen molar-refractivity contribution in [3.63, 3.8) is 0 Å². The third kappa shape index (κ3) is 1.19. The number of nitrogens with two attached hydrogens (primary N) is 1. The highest BCUT2D eigenvalue weighted by molar-refractivity contribution is 9.10. The van der Waals surface area contributed by atoms with E-state index < -0.39 is 11.7 Å². The van der Waals surface area contributed by atoms with Crippen molar-refractivity contribution in [2.24, 2.45) is 0 Å². The molecule has 0 fully saturated rings. The minimum absolute atomic E-state index is 0.177. The van der Waals surface area contributed by atoms with Crippen molar-refractivity contribution in [1.82, 2.24) is 0 Å². The van der Waals surface area contributed by atoms with E-state index in [1.165, 1.54) is 12.1 Å². The lowest BCUT2D eigenvalue weighted by atomic mass is 10.1. The van der Waals surface area contributed by atoms with Crippen molar-refractivity contribution in [3.05, 3.63) is 22.2 Å². The smallest absolute Gasteiger partial charge is 0.312 e. The van der Waals surface area contributed by atoms with Crippen molar-refractivity contribution in [2.45, 2.75) is 5.91 Å². The zero-order valence-electron chi connectivity index (χ0n) is 6.91. The van der Waals surface area contributed by atoms with Gasteiger partial charge in [-0.25, -0.2) is 0 Å². The molecule has 1 aromatic carbocycles. The Labute approximate surface area is 87.7 Å². The molecule has 14 heavy (non-hydrogen) atoms. The number of benzene rings is 1. The predicted octanol–water partition coefficient (Wildman–Crippen LogP) is 0.278. The molecule has 0 radical (unpaired) electrons. The van der Waals surface area contributed by atoms with Crippen LogP contribution in [0.2, 0.25) is 0 Å². The van der Waals surface area contributed by atoms with Gasteiger partial charge < -0.3 is 21.3 Å². The van der Waals surface area contributed by atoms with Crippen LogP contribution in [0.15, 0.2) is 16.6 Å². The number of carbonyl (C=O) groups excluding carboxylic acids is 1. The van der Waals surface area contributed by atoms with Gasteiger partial charge in [-0.05, 0) is 28.1 Å². The van der Waals surface area contributed by atoms with Crippen molar-refractivity contribution >= 4 is 33.1 Å². The summed E-state index contributed by atoms with van der Waals surface area (Å²) in [4.78, 5) is 11.3. The molecule has 0 saturated heterocycles. The highest BCUT2D eigenvalue weighted by Gasteiger charge is 2.42. The van der Waals surface area contributed by atoms with Crippen LogP contribution in [-0.4, -0.2) is 21.9 Å². The maximum atomic E-state index is 11.3. The summed E-state index contributed by atoms with van der Waals surface area (Å²) < 4.78 is 0.592. The van der Waals surface area contributed by atoms with Crippen LogP contribution < -0.4 is 11.1 Å². The van der Waals surface area contributed by atoms with E-state index >= 15 is 0 Å². The molecule has 0 bridgehead atoms. The second-order valence-corrected chi connectivity index (χ2v) is 3.90. The van der Waals surface area contributed by atoms with Crippen LogP contribution >= 0.6 is 15.9 Å². The summed E-state index contributed by atoms with van der Waals surface area (Å²) in [5.41, 5.74) is 6.45. The van der Waals surface area contributed by atoms with Crippen molar-refractivity contribution < 1.29 is 15.0 Å². The summed E-state index contributed by atoms with van der Waals surface area (Å²) in [6.07, 6.45) is 0. The van der Waals surface area contributed by atoms with Crippen molar-refractivity contribution in [1.29, 1.82) is 0 Å². The van der Waals surface area contributed by atoms with E-state index in [4.69, 9.17) is 5.73 Å². The Bertz CT molecular complexity index is 431. The number of nitrogens with one attached hydrogen (secondary N) is 1. The average Bonchev–Trinajstić information content (AvgIpc) is 2.28. The van der Waals surface area contributed by atoms with Gasteiger partial charge in [0.2, 0.25) is 5.78 Å². The number of nitrogen functional groups attached to an aromatic ring is 1. The fourth-order valence-electron chi connectivity index (χ4n) is 1.31. The Balaban J connectivity index is 2.61. The van der Waals surface area contributed by atoms with Gasteiger partial charge in [0, 0.05) is 10.2 Å². The van der Waals surface area contributed by atoms with Crippen molar-refractivity contribution in [3.8, 4) is 0 Å². The molecule has 74 valence electrons. The first-order chi connectivity index (χ1) is 6.42. The highest BCUT2D eigenvalue weighted by Crippen LogP contribution is 2.35. The molecular formula is C8H7BrN2O3. The lowest BCUT2D eigenvalue weighted by molar-refractivity contribution is -0.0946. The number of ketones is 1. The molecule has 0 aliphatic carbocycles. The monoisotopic (exact) mass is 258 g/mol. The van der Waals surface area contributed by atoms with Crippen molar-refractivity contribution in [2.75, 3.05) is 11.1 Å². The van der Waals surface area contributed by atoms with Crippen LogP contribution in [0.5, 0.6) is 0 Å². The van der Waals surface area contributed by atoms with Crippen LogP contribution in [0.25, 0.3) is 0 Å². The number of aliphatic hydroxyl groups is 2. The normalized spacial score (nSPS) is 17.8. The number of hydrogen-bond donors (Lipinski definition) is 4. The number of anilines is 2. The maximum absolute atomic E-state index is 11.3. The van der Waals surface area contributed by atoms with Crippen LogP contribution in [0.4, 0.5) is 11.4 Å². The molecule has 0 unspecified atom stereocenters. The highest BCUT2D eigenvalue weighted by atomic mass is 79.9. The molecule has 1 heterocycles. The third-order valence-corrected chi connectivity index (χ3v) is 2.69. The molecule has 1 aliphatic rings. The van der Waals surface area contributed by atoms with Gasteiger partial charge in [-0.1, -0.05) is 0 Å². The Kier molecular flexibility index (Phi) is 1.82. The summed E-state index contributed by atoms with van der Waals surface area (Å²) in [6, 6.07) is 2.92. The van der Waals surface area contributed by atoms with Gasteiger partial charge in [0.1, 0.15) is 0 Å². The minimum Gasteiger partial charge on any atom is -0.398 e. The quantitative estimate of drug-likeness (QED) is 0.396. The number of rotatable bonds is 0. The van der Waals surface area contributed by atoms with Gasteiger partial charge >= 0.3 is 5.91 Å². The molecule has 0 aromatic heterocycles. The molecule has 2 rings (SSSR count). The van der Waals surface area contributed by atoms with Crippen LogP contribution in [0.3, 0.4) is 0 Å². The summed E-state index contributed by atoms with van der Waals surface area (Å²) in [6.45, 7) is 0. The summed E-state index contributed by atoms with van der Waals surface area (Å²) in [5, 5.41) is 20.7. The molecule has 0 spiro atoms. The molecule has 6 heteroatoms. The van der Waals surface area contributed by atoms with Gasteiger partial charge in [0.25, 0.3) is 0 Å². The first kappa shape index (κ1) is 9.45. The Morgan fingerprint density at radius 1 is 1.43 bits per heavy atom. The molecule has 0 saturated carbocycles. The van der Waals surface area contributed by atoms with Crippen LogP contribution in [0.1, 0.15) is 10.4 Å². The summed E-state index contributed by atoms with van der Waals surface area (Å²) >= 11 is 3.17. The van der Waals surface area contributed by atoms with E-state index in [9.17, 15) is 15.0 Å². The van der Waals surface area contributed by atoms with Gasteiger partial charge in [-0.15, -0.1) is 0 Å². The Morgan fingerprint density at radius 2 is 2.07 bits per heavy atom. The van der Waals surface area contributed by atoms with Gasteiger partial charge in [-0.3, -0.25) is 4.79 Å². The third-order valence-electron chi connectivity index (χ3n) is 2.01. The molecule has 0 amide bonds.